The van der Waals surface area contributed by atoms with E-state index in [1.54, 1.807) is 5.20 Å². The molecule has 2 rings (SSSR count). The van der Waals surface area contributed by atoms with Gasteiger partial charge in [0.15, 0.2) is 0 Å². The average Bonchev–Trinajstić information content (AvgIpc) is 2.73. The van der Waals surface area contributed by atoms with Crippen molar-refractivity contribution in [3.05, 3.63) is 41.0 Å². The van der Waals surface area contributed by atoms with E-state index >= 15 is 0 Å². The van der Waals surface area contributed by atoms with E-state index in [-0.39, 0.29) is 18.3 Å². The highest BCUT2D eigenvalue weighted by Crippen LogP contribution is 2.40. The summed E-state index contributed by atoms with van der Waals surface area (Å²) in [5.41, 5.74) is 0.793. The summed E-state index contributed by atoms with van der Waals surface area (Å²) in [4.78, 5) is 0. The van der Waals surface area contributed by atoms with Gasteiger partial charge in [0.25, 0.3) is 0 Å². The molecule has 1 aliphatic heterocycles. The van der Waals surface area contributed by atoms with Gasteiger partial charge in [-0.1, -0.05) is 67.7 Å². The Morgan fingerprint density at radius 1 is 0.917 bits per heavy atom. The van der Waals surface area contributed by atoms with Crippen molar-refractivity contribution in [1.82, 2.24) is 0 Å². The molecular weight excluding hydrogens is 311 g/mol. The minimum absolute atomic E-state index is 0.217. The number of rotatable bonds is 5. The molecule has 24 heavy (non-hydrogen) atoms. The maximum Gasteiger partial charge on any atom is 0.490 e. The Morgan fingerprint density at radius 3 is 1.83 bits per heavy atom. The summed E-state index contributed by atoms with van der Waals surface area (Å²) in [5.74, 6) is 0. The van der Waals surface area contributed by atoms with E-state index in [2.05, 4.69) is 85.0 Å². The highest BCUT2D eigenvalue weighted by molar-refractivity contribution is 6.96. The lowest BCUT2D eigenvalue weighted by atomic mass is 9.76. The molecule has 2 nitrogen and oxygen atoms in total. The highest BCUT2D eigenvalue weighted by Gasteiger charge is 2.53. The summed E-state index contributed by atoms with van der Waals surface area (Å²) in [6.45, 7) is 17.9. The van der Waals surface area contributed by atoms with Crippen molar-refractivity contribution in [2.75, 3.05) is 0 Å². The minimum atomic E-state index is -1.73. The molecule has 1 fully saturated rings. The molecule has 0 bridgehead atoms. The lowest BCUT2D eigenvalue weighted by Crippen LogP contribution is -2.45. The van der Waals surface area contributed by atoms with Crippen molar-refractivity contribution in [1.29, 1.82) is 0 Å². The summed E-state index contributed by atoms with van der Waals surface area (Å²) in [5, 5.41) is 3.04. The van der Waals surface area contributed by atoms with Gasteiger partial charge in [-0.15, -0.1) is 0 Å². The third-order valence-corrected chi connectivity index (χ3v) is 9.87. The molecule has 0 aromatic heterocycles. The lowest BCUT2D eigenvalue weighted by Gasteiger charge is -2.32. The Kier molecular flexibility index (Phi) is 5.53. The predicted molar refractivity (Wildman–Crippen MR) is 107 cm³/mol. The summed E-state index contributed by atoms with van der Waals surface area (Å²) >= 11 is 0. The molecule has 1 heterocycles. The zero-order valence-corrected chi connectivity index (χ0v) is 17.7. The van der Waals surface area contributed by atoms with Gasteiger partial charge in [-0.05, 0) is 46.0 Å². The summed E-state index contributed by atoms with van der Waals surface area (Å²) in [7, 11) is -1.95. The molecule has 0 aliphatic carbocycles. The molecule has 1 saturated heterocycles. The number of benzene rings is 1. The van der Waals surface area contributed by atoms with Crippen LogP contribution in [0.1, 0.15) is 54.4 Å². The van der Waals surface area contributed by atoms with Crippen LogP contribution in [0.3, 0.4) is 0 Å². The molecule has 1 aliphatic rings. The molecule has 0 unspecified atom stereocenters. The predicted octanol–water partition coefficient (Wildman–Crippen LogP) is 4.89. The monoisotopic (exact) mass is 344 g/mol. The quantitative estimate of drug-likeness (QED) is 0.708. The molecule has 0 saturated carbocycles. The average molecular weight is 344 g/mol. The Balaban J connectivity index is 2.48. The van der Waals surface area contributed by atoms with Crippen LogP contribution in [0, 0.1) is 0 Å². The molecule has 1 aromatic carbocycles. The van der Waals surface area contributed by atoms with Gasteiger partial charge in [-0.25, -0.2) is 0 Å². The van der Waals surface area contributed by atoms with Crippen molar-refractivity contribution >= 4 is 20.4 Å². The van der Waals surface area contributed by atoms with Crippen LogP contribution in [0.15, 0.2) is 41.0 Å². The number of allylic oxidation sites excluding steroid dienone is 2. The summed E-state index contributed by atoms with van der Waals surface area (Å²) in [6.07, 6.45) is 2.03. The van der Waals surface area contributed by atoms with Crippen LogP contribution < -0.4 is 5.19 Å². The highest BCUT2D eigenvalue weighted by atomic mass is 28.3. The van der Waals surface area contributed by atoms with Crippen LogP contribution in [0.4, 0.5) is 0 Å². The molecule has 0 amide bonds. The first-order valence-electron chi connectivity index (χ1n) is 9.20. The van der Waals surface area contributed by atoms with Crippen LogP contribution >= 0.6 is 0 Å². The first-order chi connectivity index (χ1) is 11.1. The molecule has 0 radical (unpaired) electrons. The molecule has 0 atom stereocenters. The summed E-state index contributed by atoms with van der Waals surface area (Å²) in [6, 6.07) is 11.0. The topological polar surface area (TPSA) is 18.5 Å². The van der Waals surface area contributed by atoms with Crippen LogP contribution in [-0.2, 0) is 9.31 Å². The van der Waals surface area contributed by atoms with E-state index < -0.39 is 8.07 Å². The molecule has 1 aromatic rings. The fraction of sp³-hybridized carbons (Fsp3) is 0.600. The fourth-order valence-electron chi connectivity index (χ4n) is 3.61. The van der Waals surface area contributed by atoms with Crippen molar-refractivity contribution in [2.45, 2.75) is 78.7 Å². The molecule has 132 valence electrons. The van der Waals surface area contributed by atoms with Crippen LogP contribution in [-0.4, -0.2) is 26.4 Å². The van der Waals surface area contributed by atoms with Crippen LogP contribution in [0.5, 0.6) is 0 Å². The van der Waals surface area contributed by atoms with E-state index in [0.717, 1.165) is 12.8 Å². The second kappa shape index (κ2) is 6.81. The third kappa shape index (κ3) is 3.42. The standard InChI is InChI=1S/C20H33BO2Si/c1-9-17(21-22-19(3,4)20(5,6)23-21)18(10-2)24(7,8)16-14-12-11-13-15-16/h11-15H,9-10H2,1-8H3/b18-17-. The zero-order chi connectivity index (χ0) is 18.2. The van der Waals surface area contributed by atoms with Gasteiger partial charge < -0.3 is 9.31 Å². The normalized spacial score (nSPS) is 20.9. The van der Waals surface area contributed by atoms with Crippen molar-refractivity contribution in [3.63, 3.8) is 0 Å². The smallest absolute Gasteiger partial charge is 0.400 e. The van der Waals surface area contributed by atoms with Gasteiger partial charge in [0, 0.05) is 0 Å². The second-order valence-electron chi connectivity index (χ2n) is 8.29. The maximum atomic E-state index is 6.37. The van der Waals surface area contributed by atoms with E-state index in [4.69, 9.17) is 9.31 Å². The maximum absolute atomic E-state index is 6.37. The lowest BCUT2D eigenvalue weighted by molar-refractivity contribution is 0.00578. The largest absolute Gasteiger partial charge is 0.490 e. The zero-order valence-electron chi connectivity index (χ0n) is 16.7. The van der Waals surface area contributed by atoms with Crippen LogP contribution in [0.25, 0.3) is 0 Å². The van der Waals surface area contributed by atoms with Crippen molar-refractivity contribution in [2.24, 2.45) is 0 Å². The van der Waals surface area contributed by atoms with Gasteiger partial charge in [0.1, 0.15) is 8.07 Å². The van der Waals surface area contributed by atoms with Gasteiger partial charge in [0.2, 0.25) is 0 Å². The minimum Gasteiger partial charge on any atom is -0.400 e. The van der Waals surface area contributed by atoms with Gasteiger partial charge in [0.05, 0.1) is 11.2 Å². The van der Waals surface area contributed by atoms with E-state index in [1.165, 1.54) is 10.7 Å². The first-order valence-corrected chi connectivity index (χ1v) is 12.2. The summed E-state index contributed by atoms with van der Waals surface area (Å²) < 4.78 is 12.7. The van der Waals surface area contributed by atoms with Gasteiger partial charge >= 0.3 is 7.12 Å². The van der Waals surface area contributed by atoms with E-state index in [0.29, 0.717) is 0 Å². The Labute approximate surface area is 149 Å². The number of hydrogen-bond acceptors (Lipinski definition) is 2. The Morgan fingerprint density at radius 2 is 1.42 bits per heavy atom. The van der Waals surface area contributed by atoms with Crippen molar-refractivity contribution in [3.8, 4) is 0 Å². The second-order valence-corrected chi connectivity index (χ2v) is 12.7. The Bertz CT molecular complexity index is 589. The van der Waals surface area contributed by atoms with Gasteiger partial charge in [-0.3, -0.25) is 0 Å². The SMILES string of the molecule is CC/C(B1OC(C)(C)C(C)(C)O1)=C(\CC)[Si](C)(C)c1ccccc1. The fourth-order valence-corrected chi connectivity index (χ4v) is 6.96. The third-order valence-electron chi connectivity index (χ3n) is 5.91. The first kappa shape index (κ1) is 19.5. The van der Waals surface area contributed by atoms with E-state index in [9.17, 15) is 0 Å². The molecule has 4 heteroatoms. The van der Waals surface area contributed by atoms with E-state index in [1.807, 2.05) is 0 Å². The number of hydrogen-bond donors (Lipinski definition) is 0. The molecule has 0 N–H and O–H groups in total. The Hall–Kier alpha value is -0.838. The van der Waals surface area contributed by atoms with Crippen LogP contribution in [0.2, 0.25) is 13.1 Å². The van der Waals surface area contributed by atoms with Gasteiger partial charge in [-0.2, -0.15) is 0 Å². The van der Waals surface area contributed by atoms with Crippen molar-refractivity contribution < 1.29 is 9.31 Å². The molecular formula is C20H33BO2Si. The molecule has 0 spiro atoms.